The van der Waals surface area contributed by atoms with Crippen molar-refractivity contribution in [2.45, 2.75) is 51.7 Å². The lowest BCUT2D eigenvalue weighted by Crippen LogP contribution is -2.52. The number of benzene rings is 2. The maximum Gasteiger partial charge on any atom is 0.261 e. The summed E-state index contributed by atoms with van der Waals surface area (Å²) < 4.78 is 7.85. The lowest BCUT2D eigenvalue weighted by Gasteiger charge is -2.25. The van der Waals surface area contributed by atoms with E-state index in [0.717, 1.165) is 11.3 Å². The van der Waals surface area contributed by atoms with E-state index in [1.54, 1.807) is 28.8 Å². The Morgan fingerprint density at radius 1 is 1.08 bits per heavy atom. The molecule has 3 heterocycles. The molecule has 4 amide bonds. The molecule has 0 fully saturated rings. The number of carbonyl (C=O) groups is 4. The van der Waals surface area contributed by atoms with Gasteiger partial charge < -0.3 is 41.4 Å². The summed E-state index contributed by atoms with van der Waals surface area (Å²) in [5, 5.41) is 21.1. The van der Waals surface area contributed by atoms with E-state index < -0.39 is 41.1 Å². The van der Waals surface area contributed by atoms with Crippen LogP contribution in [0, 0.1) is 6.92 Å². The maximum atomic E-state index is 13.4. The summed E-state index contributed by atoms with van der Waals surface area (Å²) in [6, 6.07) is 12.8. The number of pyridine rings is 2. The Kier molecular flexibility index (Phi) is 10.9. The quantitative estimate of drug-likeness (QED) is 0.169. The van der Waals surface area contributed by atoms with Crippen molar-refractivity contribution in [1.29, 1.82) is 0 Å². The molecule has 0 radical (unpaired) electrons. The summed E-state index contributed by atoms with van der Waals surface area (Å²) in [5.41, 5.74) is 7.45. The number of carbonyl (C=O) groups excluding carboxylic acids is 4. The number of phenols is 1. The number of nitrogens with zero attached hydrogens (tertiary/aromatic N) is 2. The number of nitrogens with two attached hydrogens (primary N) is 1. The molecular formula is C35H39N7O7. The molecule has 2 aromatic heterocycles. The number of anilines is 1. The van der Waals surface area contributed by atoms with Gasteiger partial charge >= 0.3 is 0 Å². The molecule has 14 heteroatoms. The Balaban J connectivity index is 1.44. The molecule has 1 aliphatic heterocycles. The highest BCUT2D eigenvalue weighted by Gasteiger charge is 2.25. The molecule has 0 spiro atoms. The first-order valence-corrected chi connectivity index (χ1v) is 16.0. The van der Waals surface area contributed by atoms with Crippen molar-refractivity contribution in [2.75, 3.05) is 25.0 Å². The summed E-state index contributed by atoms with van der Waals surface area (Å²) in [6.07, 6.45) is 1.87. The van der Waals surface area contributed by atoms with Crippen LogP contribution in [0.1, 0.15) is 51.7 Å². The van der Waals surface area contributed by atoms with Gasteiger partial charge in [0.1, 0.15) is 35.4 Å². The van der Waals surface area contributed by atoms with Gasteiger partial charge in [0.2, 0.25) is 17.2 Å². The van der Waals surface area contributed by atoms with Gasteiger partial charge in [0.05, 0.1) is 17.0 Å². The lowest BCUT2D eigenvalue weighted by atomic mass is 10.0. The molecule has 2 aromatic carbocycles. The highest BCUT2D eigenvalue weighted by molar-refractivity contribution is 6.06. The minimum absolute atomic E-state index is 0.0394. The first-order valence-electron chi connectivity index (χ1n) is 16.0. The highest BCUT2D eigenvalue weighted by Crippen LogP contribution is 2.25. The molecule has 2 atom stereocenters. The molecule has 0 saturated heterocycles. The molecule has 14 nitrogen and oxygen atoms in total. The van der Waals surface area contributed by atoms with E-state index in [2.05, 4.69) is 26.3 Å². The van der Waals surface area contributed by atoms with Crippen molar-refractivity contribution in [3.05, 3.63) is 93.4 Å². The fraction of sp³-hybridized carbons (Fsp3) is 0.314. The Labute approximate surface area is 282 Å². The molecule has 0 unspecified atom stereocenters. The van der Waals surface area contributed by atoms with Crippen LogP contribution in [0.4, 0.5) is 5.69 Å². The van der Waals surface area contributed by atoms with Crippen molar-refractivity contribution < 1.29 is 29.0 Å². The topological polar surface area (TPSA) is 207 Å². The van der Waals surface area contributed by atoms with Gasteiger partial charge in [-0.3, -0.25) is 24.0 Å². The van der Waals surface area contributed by atoms with Crippen LogP contribution in [0.3, 0.4) is 0 Å². The van der Waals surface area contributed by atoms with E-state index in [4.69, 9.17) is 10.5 Å². The maximum absolute atomic E-state index is 13.4. The summed E-state index contributed by atoms with van der Waals surface area (Å²) >= 11 is 0. The van der Waals surface area contributed by atoms with Gasteiger partial charge in [0.25, 0.3) is 11.8 Å². The van der Waals surface area contributed by atoms with Crippen LogP contribution in [0.5, 0.6) is 11.5 Å². The second kappa shape index (κ2) is 15.4. The van der Waals surface area contributed by atoms with Crippen LogP contribution < -0.4 is 37.2 Å². The smallest absolute Gasteiger partial charge is 0.261 e. The van der Waals surface area contributed by atoms with E-state index in [-0.39, 0.29) is 60.9 Å². The van der Waals surface area contributed by atoms with Gasteiger partial charge in [-0.2, -0.15) is 0 Å². The third-order valence-electron chi connectivity index (χ3n) is 8.08. The van der Waals surface area contributed by atoms with Crippen LogP contribution in [0.2, 0.25) is 0 Å². The molecule has 0 bridgehead atoms. The number of rotatable bonds is 7. The number of aryl methyl sites for hydroxylation is 2. The van der Waals surface area contributed by atoms with Gasteiger partial charge in [-0.25, -0.2) is 4.98 Å². The number of phenolic OH excluding ortho intramolecular Hbond substituents is 1. The summed E-state index contributed by atoms with van der Waals surface area (Å²) in [5.74, 6) is -1.86. The zero-order valence-corrected chi connectivity index (χ0v) is 27.2. The van der Waals surface area contributed by atoms with E-state index >= 15 is 0 Å². The fourth-order valence-electron chi connectivity index (χ4n) is 5.52. The Morgan fingerprint density at radius 3 is 2.59 bits per heavy atom. The van der Waals surface area contributed by atoms with Crippen molar-refractivity contribution in [1.82, 2.24) is 25.5 Å². The van der Waals surface area contributed by atoms with Crippen LogP contribution in [-0.4, -0.2) is 70.1 Å². The summed E-state index contributed by atoms with van der Waals surface area (Å²) in [6.45, 7) is 4.23. The monoisotopic (exact) mass is 669 g/mol. The molecule has 256 valence electrons. The second-order valence-electron chi connectivity index (χ2n) is 11.7. The standard InChI is InChI=1S/C35H39N7O7/c1-3-42-18-27(31(45)25-10-4-20(2)38-32(25)42)34(47)39-22-7-11-29-26(17-22)33(46)37-15-13-30(44)41-28(12-14-36)35(48)40-23(19-49-29)16-21-5-8-24(43)9-6-21/h4-11,17-18,23,28,43H,3,12-16,19,36H2,1-2H3,(H,37,46)(H,39,47)(H,40,48)(H,41,44)/t23-,28-/m0/s1. The molecule has 49 heavy (non-hydrogen) atoms. The van der Waals surface area contributed by atoms with Crippen molar-refractivity contribution in [3.8, 4) is 11.5 Å². The molecule has 1 aliphatic rings. The molecule has 0 aliphatic carbocycles. The third kappa shape index (κ3) is 8.40. The van der Waals surface area contributed by atoms with E-state index in [9.17, 15) is 29.1 Å². The zero-order valence-electron chi connectivity index (χ0n) is 27.2. The predicted molar refractivity (Wildman–Crippen MR) is 183 cm³/mol. The summed E-state index contributed by atoms with van der Waals surface area (Å²) in [7, 11) is 0. The second-order valence-corrected chi connectivity index (χ2v) is 11.7. The number of ether oxygens (including phenoxy) is 1. The largest absolute Gasteiger partial charge is 0.508 e. The molecular weight excluding hydrogens is 630 g/mol. The van der Waals surface area contributed by atoms with Gasteiger partial charge in [-0.05, 0) is 81.3 Å². The average Bonchev–Trinajstić information content (AvgIpc) is 3.08. The van der Waals surface area contributed by atoms with E-state index in [0.29, 0.717) is 24.0 Å². The molecule has 4 aromatic rings. The van der Waals surface area contributed by atoms with Gasteiger partial charge in [-0.1, -0.05) is 12.1 Å². The number of aromatic hydroxyl groups is 1. The predicted octanol–water partition coefficient (Wildman–Crippen LogP) is 1.76. The zero-order chi connectivity index (χ0) is 35.1. The van der Waals surface area contributed by atoms with Gasteiger partial charge in [0.15, 0.2) is 0 Å². The van der Waals surface area contributed by atoms with Crippen LogP contribution >= 0.6 is 0 Å². The summed E-state index contributed by atoms with van der Waals surface area (Å²) in [4.78, 5) is 70.6. The molecule has 7 N–H and O–H groups in total. The number of hydrogen-bond acceptors (Lipinski definition) is 9. The van der Waals surface area contributed by atoms with Crippen LogP contribution in [0.25, 0.3) is 11.0 Å². The average molecular weight is 670 g/mol. The lowest BCUT2D eigenvalue weighted by molar-refractivity contribution is -0.129. The van der Waals surface area contributed by atoms with Gasteiger partial charge in [-0.15, -0.1) is 0 Å². The van der Waals surface area contributed by atoms with Crippen LogP contribution in [0.15, 0.2) is 65.6 Å². The highest BCUT2D eigenvalue weighted by atomic mass is 16.5. The minimum Gasteiger partial charge on any atom is -0.508 e. The van der Waals surface area contributed by atoms with E-state index in [1.807, 2.05) is 13.8 Å². The van der Waals surface area contributed by atoms with E-state index in [1.165, 1.54) is 36.5 Å². The SMILES string of the molecule is CCn1cc(C(=O)Nc2ccc3c(c2)C(=O)NCCC(=O)N[C@@H](CCN)C(=O)N[C@@H](Cc2ccc(O)cc2)CO3)c(=O)c2ccc(C)nc21. The third-order valence-corrected chi connectivity index (χ3v) is 8.08. The molecule has 0 saturated carbocycles. The molecule has 5 rings (SSSR count). The normalized spacial score (nSPS) is 17.2. The van der Waals surface area contributed by atoms with Crippen LogP contribution in [-0.2, 0) is 22.6 Å². The number of aromatic nitrogens is 2. The number of nitrogens with one attached hydrogen (secondary N) is 4. The minimum atomic E-state index is -0.888. The Bertz CT molecular complexity index is 1940. The Hall–Kier alpha value is -5.76. The van der Waals surface area contributed by atoms with Crippen molar-refractivity contribution in [3.63, 3.8) is 0 Å². The fourth-order valence-corrected chi connectivity index (χ4v) is 5.52. The number of amides is 4. The van der Waals surface area contributed by atoms with Crippen molar-refractivity contribution >= 4 is 40.3 Å². The first kappa shape index (κ1) is 34.6. The number of fused-ring (bicyclic) bond motifs is 2. The number of hydrogen-bond donors (Lipinski definition) is 6. The first-order chi connectivity index (χ1) is 23.6. The van der Waals surface area contributed by atoms with Gasteiger partial charge in [0, 0.05) is 37.1 Å². The Morgan fingerprint density at radius 2 is 1.86 bits per heavy atom. The van der Waals surface area contributed by atoms with Crippen molar-refractivity contribution in [2.24, 2.45) is 5.73 Å².